The molecule has 0 saturated carbocycles. The first-order valence-corrected chi connectivity index (χ1v) is 5.62. The Hall–Kier alpha value is -1.32. The molecule has 4 heteroatoms. The Balaban J connectivity index is 3.02. The van der Waals surface area contributed by atoms with Gasteiger partial charge >= 0.3 is 5.97 Å². The van der Waals surface area contributed by atoms with Crippen molar-refractivity contribution in [1.29, 1.82) is 0 Å². The Morgan fingerprint density at radius 3 is 2.25 bits per heavy atom. The zero-order valence-corrected chi connectivity index (χ0v) is 10.3. The average molecular weight is 225 g/mol. The quantitative estimate of drug-likeness (QED) is 0.836. The molecular weight excluding hydrogens is 206 g/mol. The molecule has 0 aliphatic heterocycles. The van der Waals surface area contributed by atoms with Crippen LogP contribution in [0.4, 0.5) is 0 Å². The molecule has 1 heterocycles. The highest BCUT2D eigenvalue weighted by molar-refractivity contribution is 5.90. The molecule has 0 aliphatic carbocycles. The summed E-state index contributed by atoms with van der Waals surface area (Å²) in [4.78, 5) is 11.2. The molecule has 16 heavy (non-hydrogen) atoms. The summed E-state index contributed by atoms with van der Waals surface area (Å²) >= 11 is 0. The van der Waals surface area contributed by atoms with Crippen molar-refractivity contribution in [1.82, 2.24) is 5.16 Å². The molecule has 0 saturated heterocycles. The van der Waals surface area contributed by atoms with Crippen LogP contribution >= 0.6 is 0 Å². The Morgan fingerprint density at radius 2 is 1.81 bits per heavy atom. The Morgan fingerprint density at radius 1 is 1.25 bits per heavy atom. The van der Waals surface area contributed by atoms with Gasteiger partial charge < -0.3 is 9.63 Å². The smallest absolute Gasteiger partial charge is 0.341 e. The summed E-state index contributed by atoms with van der Waals surface area (Å²) in [5.41, 5.74) is 0.834. The first-order chi connectivity index (χ1) is 7.41. The second-order valence-electron chi connectivity index (χ2n) is 4.93. The fraction of sp³-hybridized carbons (Fsp3) is 0.667. The predicted octanol–water partition coefficient (Wildman–Crippen LogP) is 2.77. The first kappa shape index (κ1) is 12.7. The van der Waals surface area contributed by atoms with Crippen LogP contribution in [0.25, 0.3) is 0 Å². The molecule has 0 aliphatic rings. The molecule has 0 atom stereocenters. The number of carbonyl (C=O) groups is 1. The van der Waals surface area contributed by atoms with Gasteiger partial charge in [0.1, 0.15) is 5.56 Å². The van der Waals surface area contributed by atoms with Crippen molar-refractivity contribution >= 4 is 5.97 Å². The standard InChI is InChI=1S/C12H19NO3/c1-7(2)5-9-11(12(14)15)10(16-13-9)6-8(3)4/h7-8H,5-6H2,1-4H3,(H,14,15). The molecule has 4 nitrogen and oxygen atoms in total. The molecular formula is C12H19NO3. The van der Waals surface area contributed by atoms with E-state index in [4.69, 9.17) is 9.63 Å². The average Bonchev–Trinajstić information content (AvgIpc) is 2.45. The van der Waals surface area contributed by atoms with Gasteiger partial charge in [0.15, 0.2) is 5.76 Å². The van der Waals surface area contributed by atoms with Gasteiger partial charge in [-0.2, -0.15) is 0 Å². The lowest BCUT2D eigenvalue weighted by Gasteiger charge is -2.03. The van der Waals surface area contributed by atoms with Crippen LogP contribution in [-0.4, -0.2) is 16.2 Å². The van der Waals surface area contributed by atoms with Crippen LogP contribution in [0.2, 0.25) is 0 Å². The molecule has 0 fully saturated rings. The van der Waals surface area contributed by atoms with Gasteiger partial charge in [-0.05, 0) is 18.3 Å². The molecule has 1 rings (SSSR count). The van der Waals surface area contributed by atoms with E-state index in [0.29, 0.717) is 36.1 Å². The molecule has 0 spiro atoms. The monoisotopic (exact) mass is 225 g/mol. The van der Waals surface area contributed by atoms with Gasteiger partial charge in [0, 0.05) is 6.42 Å². The molecule has 0 aromatic carbocycles. The normalized spacial score (nSPS) is 11.4. The highest BCUT2D eigenvalue weighted by atomic mass is 16.5. The van der Waals surface area contributed by atoms with Gasteiger partial charge in [-0.1, -0.05) is 32.9 Å². The summed E-state index contributed by atoms with van der Waals surface area (Å²) in [5.74, 6) is 0.291. The Labute approximate surface area is 95.6 Å². The molecule has 1 aromatic heterocycles. The number of nitrogens with zero attached hydrogens (tertiary/aromatic N) is 1. The van der Waals surface area contributed by atoms with E-state index < -0.39 is 5.97 Å². The van der Waals surface area contributed by atoms with E-state index in [0.717, 1.165) is 0 Å². The van der Waals surface area contributed by atoms with Gasteiger partial charge in [-0.25, -0.2) is 4.79 Å². The van der Waals surface area contributed by atoms with Crippen molar-refractivity contribution in [3.8, 4) is 0 Å². The summed E-state index contributed by atoms with van der Waals surface area (Å²) in [6.07, 6.45) is 1.26. The maximum Gasteiger partial charge on any atom is 0.341 e. The van der Waals surface area contributed by atoms with Crippen LogP contribution < -0.4 is 0 Å². The van der Waals surface area contributed by atoms with Crippen LogP contribution in [0.1, 0.15) is 49.5 Å². The SMILES string of the molecule is CC(C)Cc1noc(CC(C)C)c1C(=O)O. The summed E-state index contributed by atoms with van der Waals surface area (Å²) in [6.45, 7) is 8.11. The van der Waals surface area contributed by atoms with Crippen LogP contribution in [0.15, 0.2) is 4.52 Å². The molecule has 1 N–H and O–H groups in total. The number of carboxylic acid groups (broad SMARTS) is 1. The lowest BCUT2D eigenvalue weighted by Crippen LogP contribution is -2.07. The van der Waals surface area contributed by atoms with E-state index >= 15 is 0 Å². The van der Waals surface area contributed by atoms with E-state index in [-0.39, 0.29) is 5.56 Å². The maximum absolute atomic E-state index is 11.2. The third kappa shape index (κ3) is 3.08. The molecule has 90 valence electrons. The summed E-state index contributed by atoms with van der Waals surface area (Å²) < 4.78 is 5.14. The van der Waals surface area contributed by atoms with Gasteiger partial charge in [-0.3, -0.25) is 0 Å². The minimum absolute atomic E-state index is 0.266. The maximum atomic E-state index is 11.2. The third-order valence-electron chi connectivity index (χ3n) is 2.24. The molecule has 0 amide bonds. The number of aromatic carboxylic acids is 1. The van der Waals surface area contributed by atoms with Crippen LogP contribution in [0.5, 0.6) is 0 Å². The summed E-state index contributed by atoms with van der Waals surface area (Å²) in [6, 6.07) is 0. The zero-order valence-electron chi connectivity index (χ0n) is 10.3. The van der Waals surface area contributed by atoms with Gasteiger partial charge in [0.25, 0.3) is 0 Å². The van der Waals surface area contributed by atoms with Gasteiger partial charge in [0.05, 0.1) is 5.69 Å². The second kappa shape index (κ2) is 5.14. The van der Waals surface area contributed by atoms with E-state index in [1.54, 1.807) is 0 Å². The Bertz CT molecular complexity index is 339. The number of carboxylic acids is 1. The fourth-order valence-electron chi connectivity index (χ4n) is 1.64. The van der Waals surface area contributed by atoms with Crippen molar-refractivity contribution in [3.63, 3.8) is 0 Å². The topological polar surface area (TPSA) is 63.3 Å². The largest absolute Gasteiger partial charge is 0.477 e. The van der Waals surface area contributed by atoms with Crippen molar-refractivity contribution in [2.45, 2.75) is 40.5 Å². The molecule has 0 radical (unpaired) electrons. The fourth-order valence-corrected chi connectivity index (χ4v) is 1.64. The summed E-state index contributed by atoms with van der Waals surface area (Å²) in [7, 11) is 0. The number of hydrogen-bond donors (Lipinski definition) is 1. The van der Waals surface area contributed by atoms with E-state index in [1.807, 2.05) is 27.7 Å². The third-order valence-corrected chi connectivity index (χ3v) is 2.24. The minimum Gasteiger partial charge on any atom is -0.477 e. The van der Waals surface area contributed by atoms with Crippen molar-refractivity contribution in [2.75, 3.05) is 0 Å². The lowest BCUT2D eigenvalue weighted by molar-refractivity contribution is 0.0693. The van der Waals surface area contributed by atoms with Gasteiger partial charge in [0.2, 0.25) is 0 Å². The highest BCUT2D eigenvalue weighted by Crippen LogP contribution is 2.20. The minimum atomic E-state index is -0.937. The molecule has 0 unspecified atom stereocenters. The van der Waals surface area contributed by atoms with Crippen molar-refractivity contribution < 1.29 is 14.4 Å². The number of aromatic nitrogens is 1. The molecule has 1 aromatic rings. The van der Waals surface area contributed by atoms with E-state index in [1.165, 1.54) is 0 Å². The highest BCUT2D eigenvalue weighted by Gasteiger charge is 2.23. The van der Waals surface area contributed by atoms with Crippen molar-refractivity contribution in [3.05, 3.63) is 17.0 Å². The van der Waals surface area contributed by atoms with E-state index in [9.17, 15) is 4.79 Å². The van der Waals surface area contributed by atoms with Crippen molar-refractivity contribution in [2.24, 2.45) is 11.8 Å². The van der Waals surface area contributed by atoms with Crippen LogP contribution in [-0.2, 0) is 12.8 Å². The lowest BCUT2D eigenvalue weighted by atomic mass is 10.00. The number of hydrogen-bond acceptors (Lipinski definition) is 3. The molecule has 0 bridgehead atoms. The number of rotatable bonds is 5. The zero-order chi connectivity index (χ0) is 12.3. The summed E-state index contributed by atoms with van der Waals surface area (Å²) in [5, 5.41) is 13.0. The van der Waals surface area contributed by atoms with Crippen LogP contribution in [0.3, 0.4) is 0 Å². The van der Waals surface area contributed by atoms with Gasteiger partial charge in [-0.15, -0.1) is 0 Å². The van der Waals surface area contributed by atoms with E-state index in [2.05, 4.69) is 5.16 Å². The Kier molecular flexibility index (Phi) is 4.10. The van der Waals surface area contributed by atoms with Crippen LogP contribution in [0, 0.1) is 11.8 Å². The first-order valence-electron chi connectivity index (χ1n) is 5.62. The predicted molar refractivity (Wildman–Crippen MR) is 60.5 cm³/mol. The second-order valence-corrected chi connectivity index (χ2v) is 4.93.